The first-order valence-corrected chi connectivity index (χ1v) is 11.4. The van der Waals surface area contributed by atoms with E-state index >= 15 is 0 Å². The second-order valence-corrected chi connectivity index (χ2v) is 10.5. The molecule has 0 unspecified atom stereocenters. The third-order valence-electron chi connectivity index (χ3n) is 4.71. The van der Waals surface area contributed by atoms with Crippen LogP contribution in [0.2, 0.25) is 0 Å². The molecule has 7 heteroatoms. The van der Waals surface area contributed by atoms with Crippen LogP contribution in [0.4, 0.5) is 0 Å². The highest BCUT2D eigenvalue weighted by Crippen LogP contribution is 2.27. The third-order valence-corrected chi connectivity index (χ3v) is 7.75. The molecule has 0 N–H and O–H groups in total. The van der Waals surface area contributed by atoms with Crippen LogP contribution >= 0.6 is 11.8 Å². The highest BCUT2D eigenvalue weighted by Gasteiger charge is 2.29. The van der Waals surface area contributed by atoms with Crippen molar-refractivity contribution in [3.8, 4) is 0 Å². The summed E-state index contributed by atoms with van der Waals surface area (Å²) in [6.07, 6.45) is 3.57. The third kappa shape index (κ3) is 5.07. The standard InChI is InChI=1S/C18H25N3O2S2/c1-14(8-9-15-6-4-3-5-7-15)24-18-20-19-17(21(18)2)12-16-10-11-25(22,23)13-16/h3-7,14,16H,8-13H2,1-2H3/t14-,16-/m1/s1. The summed E-state index contributed by atoms with van der Waals surface area (Å²) in [6.45, 7) is 2.21. The summed E-state index contributed by atoms with van der Waals surface area (Å²) in [7, 11) is -0.860. The highest BCUT2D eigenvalue weighted by atomic mass is 32.2. The number of aromatic nitrogens is 3. The zero-order valence-corrected chi connectivity index (χ0v) is 16.4. The van der Waals surface area contributed by atoms with Crippen molar-refractivity contribution in [1.82, 2.24) is 14.8 Å². The van der Waals surface area contributed by atoms with Crippen LogP contribution in [0.5, 0.6) is 0 Å². The van der Waals surface area contributed by atoms with Crippen molar-refractivity contribution in [3.63, 3.8) is 0 Å². The summed E-state index contributed by atoms with van der Waals surface area (Å²) in [4.78, 5) is 0. The lowest BCUT2D eigenvalue weighted by Crippen LogP contribution is -2.11. The molecule has 136 valence electrons. The highest BCUT2D eigenvalue weighted by molar-refractivity contribution is 7.99. The second kappa shape index (κ2) is 7.91. The van der Waals surface area contributed by atoms with E-state index in [1.807, 2.05) is 17.7 Å². The van der Waals surface area contributed by atoms with Crippen LogP contribution in [0.25, 0.3) is 0 Å². The van der Waals surface area contributed by atoms with Crippen molar-refractivity contribution in [2.24, 2.45) is 13.0 Å². The van der Waals surface area contributed by atoms with Gasteiger partial charge in [-0.25, -0.2) is 8.42 Å². The number of hydrogen-bond acceptors (Lipinski definition) is 5. The van der Waals surface area contributed by atoms with Gasteiger partial charge in [0.2, 0.25) is 0 Å². The van der Waals surface area contributed by atoms with Crippen LogP contribution in [0.3, 0.4) is 0 Å². The molecule has 2 heterocycles. The molecule has 25 heavy (non-hydrogen) atoms. The van der Waals surface area contributed by atoms with Crippen molar-refractivity contribution in [2.75, 3.05) is 11.5 Å². The molecule has 0 bridgehead atoms. The molecule has 1 fully saturated rings. The van der Waals surface area contributed by atoms with Crippen LogP contribution in [-0.4, -0.2) is 39.9 Å². The predicted octanol–water partition coefficient (Wildman–Crippen LogP) is 2.91. The maximum atomic E-state index is 11.6. The van der Waals surface area contributed by atoms with Gasteiger partial charge in [-0.2, -0.15) is 0 Å². The Hall–Kier alpha value is -1.34. The molecule has 1 aliphatic heterocycles. The summed E-state index contributed by atoms with van der Waals surface area (Å²) in [5, 5.41) is 9.97. The molecule has 0 radical (unpaired) electrons. The molecule has 1 saturated heterocycles. The van der Waals surface area contributed by atoms with Crippen LogP contribution in [0.15, 0.2) is 35.5 Å². The quantitative estimate of drug-likeness (QED) is 0.692. The van der Waals surface area contributed by atoms with E-state index in [0.717, 1.165) is 30.2 Å². The number of nitrogens with zero attached hydrogens (tertiary/aromatic N) is 3. The van der Waals surface area contributed by atoms with Gasteiger partial charge >= 0.3 is 0 Å². The minimum absolute atomic E-state index is 0.182. The Morgan fingerprint density at radius 3 is 2.72 bits per heavy atom. The fourth-order valence-corrected chi connectivity index (χ4v) is 5.98. The Balaban J connectivity index is 1.54. The minimum Gasteiger partial charge on any atom is -0.309 e. The first kappa shape index (κ1) is 18.5. The maximum Gasteiger partial charge on any atom is 0.191 e. The van der Waals surface area contributed by atoms with Gasteiger partial charge in [-0.15, -0.1) is 10.2 Å². The average Bonchev–Trinajstić information content (AvgIpc) is 3.10. The molecule has 0 amide bonds. The second-order valence-electron chi connectivity index (χ2n) is 6.88. The van der Waals surface area contributed by atoms with E-state index in [4.69, 9.17) is 0 Å². The molecule has 0 aliphatic carbocycles. The lowest BCUT2D eigenvalue weighted by atomic mass is 10.1. The minimum atomic E-state index is -2.84. The number of thioether (sulfide) groups is 1. The molecule has 2 aromatic rings. The topological polar surface area (TPSA) is 64.8 Å². The molecular formula is C18H25N3O2S2. The van der Waals surface area contributed by atoms with Gasteiger partial charge in [0.1, 0.15) is 5.82 Å². The maximum absolute atomic E-state index is 11.6. The monoisotopic (exact) mass is 379 g/mol. The van der Waals surface area contributed by atoms with Gasteiger partial charge in [-0.3, -0.25) is 0 Å². The van der Waals surface area contributed by atoms with Crippen molar-refractivity contribution in [3.05, 3.63) is 41.7 Å². The van der Waals surface area contributed by atoms with Crippen LogP contribution < -0.4 is 0 Å². The number of rotatable bonds is 7. The summed E-state index contributed by atoms with van der Waals surface area (Å²) < 4.78 is 25.2. The van der Waals surface area contributed by atoms with Crippen LogP contribution in [0, 0.1) is 5.92 Å². The van der Waals surface area contributed by atoms with Gasteiger partial charge in [0, 0.05) is 18.7 Å². The van der Waals surface area contributed by atoms with Gasteiger partial charge in [0.05, 0.1) is 11.5 Å². The number of hydrogen-bond donors (Lipinski definition) is 0. The number of aryl methyl sites for hydroxylation is 1. The van der Waals surface area contributed by atoms with E-state index in [9.17, 15) is 8.42 Å². The average molecular weight is 380 g/mol. The Labute approximate surface area is 154 Å². The molecule has 2 atom stereocenters. The number of sulfone groups is 1. The first-order valence-electron chi connectivity index (χ1n) is 8.72. The smallest absolute Gasteiger partial charge is 0.191 e. The summed E-state index contributed by atoms with van der Waals surface area (Å²) in [5.41, 5.74) is 1.36. The molecule has 0 spiro atoms. The fraction of sp³-hybridized carbons (Fsp3) is 0.556. The van der Waals surface area contributed by atoms with Crippen molar-refractivity contribution >= 4 is 21.6 Å². The largest absolute Gasteiger partial charge is 0.309 e. The van der Waals surface area contributed by atoms with E-state index in [1.165, 1.54) is 5.56 Å². The zero-order chi connectivity index (χ0) is 17.9. The van der Waals surface area contributed by atoms with Crippen molar-refractivity contribution in [2.45, 2.75) is 43.0 Å². The summed E-state index contributed by atoms with van der Waals surface area (Å²) >= 11 is 1.74. The van der Waals surface area contributed by atoms with Gasteiger partial charge in [-0.1, -0.05) is 49.0 Å². The van der Waals surface area contributed by atoms with Gasteiger partial charge in [0.25, 0.3) is 0 Å². The van der Waals surface area contributed by atoms with Gasteiger partial charge in [-0.05, 0) is 30.7 Å². The van der Waals surface area contributed by atoms with Crippen molar-refractivity contribution in [1.29, 1.82) is 0 Å². The van der Waals surface area contributed by atoms with E-state index in [1.54, 1.807) is 11.8 Å². The lowest BCUT2D eigenvalue weighted by molar-refractivity contribution is 0.552. The first-order chi connectivity index (χ1) is 11.9. The van der Waals surface area contributed by atoms with E-state index in [2.05, 4.69) is 41.4 Å². The van der Waals surface area contributed by atoms with Gasteiger partial charge < -0.3 is 4.57 Å². The molecule has 5 nitrogen and oxygen atoms in total. The molecule has 1 aromatic carbocycles. The van der Waals surface area contributed by atoms with E-state index in [0.29, 0.717) is 17.4 Å². The summed E-state index contributed by atoms with van der Waals surface area (Å²) in [5.74, 6) is 1.67. The fourth-order valence-electron chi connectivity index (χ4n) is 3.17. The number of benzene rings is 1. The summed E-state index contributed by atoms with van der Waals surface area (Å²) in [6, 6.07) is 10.5. The Kier molecular flexibility index (Phi) is 5.84. The normalized spacial score (nSPS) is 20.6. The predicted molar refractivity (Wildman–Crippen MR) is 102 cm³/mol. The molecule has 1 aliphatic rings. The van der Waals surface area contributed by atoms with Crippen LogP contribution in [0.1, 0.15) is 31.2 Å². The lowest BCUT2D eigenvalue weighted by Gasteiger charge is -2.11. The zero-order valence-electron chi connectivity index (χ0n) is 14.8. The SMILES string of the molecule is C[C@H](CCc1ccccc1)Sc1nnc(C[C@H]2CCS(=O)(=O)C2)n1C. The Morgan fingerprint density at radius 1 is 1.28 bits per heavy atom. The Bertz CT molecular complexity index is 803. The molecule has 1 aromatic heterocycles. The Morgan fingerprint density at radius 2 is 2.04 bits per heavy atom. The van der Waals surface area contributed by atoms with Gasteiger partial charge in [0.15, 0.2) is 15.0 Å². The van der Waals surface area contributed by atoms with E-state index in [-0.39, 0.29) is 11.7 Å². The van der Waals surface area contributed by atoms with Crippen LogP contribution in [-0.2, 0) is 29.7 Å². The molecule has 3 rings (SSSR count). The van der Waals surface area contributed by atoms with E-state index < -0.39 is 9.84 Å². The molecular weight excluding hydrogens is 354 g/mol. The van der Waals surface area contributed by atoms with Crippen molar-refractivity contribution < 1.29 is 8.42 Å². The molecule has 0 saturated carbocycles.